The lowest BCUT2D eigenvalue weighted by Gasteiger charge is -2.33. The minimum absolute atomic E-state index is 0.0399. The molecular formula is C17H23N3O. The Balaban J connectivity index is 1.56. The van der Waals surface area contributed by atoms with Crippen molar-refractivity contribution < 1.29 is 4.79 Å². The van der Waals surface area contributed by atoms with E-state index in [4.69, 9.17) is 0 Å². The van der Waals surface area contributed by atoms with Crippen LogP contribution in [0.1, 0.15) is 19.8 Å². The molecule has 0 aromatic heterocycles. The van der Waals surface area contributed by atoms with Gasteiger partial charge in [0, 0.05) is 37.6 Å². The number of rotatable bonds is 2. The third-order valence-electron chi connectivity index (χ3n) is 4.38. The molecule has 2 amide bonds. The zero-order valence-corrected chi connectivity index (χ0v) is 12.6. The number of nitrogens with zero attached hydrogens (tertiary/aromatic N) is 2. The first kappa shape index (κ1) is 14.0. The highest BCUT2D eigenvalue weighted by molar-refractivity contribution is 5.90. The number of hydrogen-bond donors (Lipinski definition) is 1. The van der Waals surface area contributed by atoms with Crippen LogP contribution in [0.5, 0.6) is 0 Å². The van der Waals surface area contributed by atoms with Crippen LogP contribution < -0.4 is 10.2 Å². The summed E-state index contributed by atoms with van der Waals surface area (Å²) in [5, 5.41) is 2.93. The zero-order valence-electron chi connectivity index (χ0n) is 12.6. The molecule has 112 valence electrons. The van der Waals surface area contributed by atoms with Crippen LogP contribution in [0.4, 0.5) is 16.2 Å². The largest absolute Gasteiger partial charge is 0.372 e. The van der Waals surface area contributed by atoms with Crippen molar-refractivity contribution in [1.29, 1.82) is 0 Å². The predicted molar refractivity (Wildman–Crippen MR) is 86.8 cm³/mol. The fourth-order valence-corrected chi connectivity index (χ4v) is 2.86. The molecule has 2 saturated heterocycles. The quantitative estimate of drug-likeness (QED) is 0.846. The van der Waals surface area contributed by atoms with Gasteiger partial charge in [-0.1, -0.05) is 13.5 Å². The Morgan fingerprint density at radius 3 is 2.38 bits per heavy atom. The fourth-order valence-electron chi connectivity index (χ4n) is 2.86. The summed E-state index contributed by atoms with van der Waals surface area (Å²) in [6, 6.07) is 8.13. The van der Waals surface area contributed by atoms with Crippen LogP contribution in [0.15, 0.2) is 36.4 Å². The molecule has 1 N–H and O–H groups in total. The summed E-state index contributed by atoms with van der Waals surface area (Å²) in [5.74, 6) is 0.839. The molecule has 2 aliphatic heterocycles. The number of piperidine rings is 1. The average Bonchev–Trinajstić information content (AvgIpc) is 2.46. The van der Waals surface area contributed by atoms with Crippen LogP contribution >= 0.6 is 0 Å². The molecule has 0 aliphatic carbocycles. The third-order valence-corrected chi connectivity index (χ3v) is 4.38. The Morgan fingerprint density at radius 1 is 1.19 bits per heavy atom. The molecule has 1 aromatic rings. The van der Waals surface area contributed by atoms with Crippen LogP contribution in [-0.2, 0) is 0 Å². The van der Waals surface area contributed by atoms with Gasteiger partial charge in [0.1, 0.15) is 0 Å². The fraction of sp³-hybridized carbons (Fsp3) is 0.471. The van der Waals surface area contributed by atoms with Crippen molar-refractivity contribution >= 4 is 17.4 Å². The number of urea groups is 1. The van der Waals surface area contributed by atoms with Gasteiger partial charge in [-0.25, -0.2) is 4.79 Å². The van der Waals surface area contributed by atoms with E-state index in [1.165, 1.54) is 18.5 Å². The molecule has 0 atom stereocenters. The maximum atomic E-state index is 11.9. The number of carbonyl (C=O) groups excluding carboxylic acids is 1. The molecule has 0 saturated carbocycles. The van der Waals surface area contributed by atoms with Gasteiger partial charge in [-0.15, -0.1) is 0 Å². The van der Waals surface area contributed by atoms with Gasteiger partial charge >= 0.3 is 6.03 Å². The van der Waals surface area contributed by atoms with Crippen LogP contribution in [0.3, 0.4) is 0 Å². The molecule has 1 aromatic carbocycles. The smallest absolute Gasteiger partial charge is 0.322 e. The Labute approximate surface area is 126 Å². The van der Waals surface area contributed by atoms with E-state index in [1.54, 1.807) is 4.90 Å². The van der Waals surface area contributed by atoms with Gasteiger partial charge in [0.25, 0.3) is 0 Å². The summed E-state index contributed by atoms with van der Waals surface area (Å²) < 4.78 is 0. The second-order valence-corrected chi connectivity index (χ2v) is 6.25. The van der Waals surface area contributed by atoms with Crippen molar-refractivity contribution in [3.8, 4) is 0 Å². The predicted octanol–water partition coefficient (Wildman–Crippen LogP) is 3.33. The zero-order chi connectivity index (χ0) is 14.8. The number of hydrogen-bond acceptors (Lipinski definition) is 2. The lowest BCUT2D eigenvalue weighted by atomic mass is 9.99. The molecule has 2 aliphatic rings. The molecule has 4 nitrogen and oxygen atoms in total. The molecule has 0 unspecified atom stereocenters. The molecule has 2 fully saturated rings. The van der Waals surface area contributed by atoms with Crippen LogP contribution in [-0.4, -0.2) is 37.1 Å². The van der Waals surface area contributed by atoms with Crippen LogP contribution in [0, 0.1) is 5.92 Å². The van der Waals surface area contributed by atoms with Crippen molar-refractivity contribution in [2.24, 2.45) is 5.92 Å². The highest BCUT2D eigenvalue weighted by Crippen LogP contribution is 2.24. The second-order valence-electron chi connectivity index (χ2n) is 6.25. The minimum Gasteiger partial charge on any atom is -0.372 e. The monoisotopic (exact) mass is 285 g/mol. The third kappa shape index (κ3) is 3.20. The molecule has 3 rings (SSSR count). The molecule has 0 bridgehead atoms. The van der Waals surface area contributed by atoms with Gasteiger partial charge in [0.15, 0.2) is 0 Å². The van der Waals surface area contributed by atoms with Gasteiger partial charge in [0.2, 0.25) is 0 Å². The van der Waals surface area contributed by atoms with Crippen molar-refractivity contribution in [3.63, 3.8) is 0 Å². The first-order valence-electron chi connectivity index (χ1n) is 7.69. The standard InChI is InChI=1S/C17H23N3O/c1-13-7-9-19(10-8-13)16-5-3-15(4-6-16)18-17(21)20-11-14(2)12-20/h3-6,13H,2,7-12H2,1H3,(H,18,21). The molecular weight excluding hydrogens is 262 g/mol. The topological polar surface area (TPSA) is 35.6 Å². The Hall–Kier alpha value is -1.97. The van der Waals surface area contributed by atoms with Crippen molar-refractivity contribution in [3.05, 3.63) is 36.4 Å². The summed E-state index contributed by atoms with van der Waals surface area (Å²) in [6.07, 6.45) is 2.52. The van der Waals surface area contributed by atoms with Crippen molar-refractivity contribution in [1.82, 2.24) is 4.90 Å². The number of benzene rings is 1. The Bertz CT molecular complexity index is 521. The van der Waals surface area contributed by atoms with E-state index in [2.05, 4.69) is 35.9 Å². The number of likely N-dealkylation sites (tertiary alicyclic amines) is 1. The van der Waals surface area contributed by atoms with E-state index in [0.717, 1.165) is 30.3 Å². The molecule has 4 heteroatoms. The highest BCUT2D eigenvalue weighted by Gasteiger charge is 2.23. The summed E-state index contributed by atoms with van der Waals surface area (Å²) in [7, 11) is 0. The van der Waals surface area contributed by atoms with E-state index in [1.807, 2.05) is 12.1 Å². The number of amides is 2. The normalized spacial score (nSPS) is 19.4. The summed E-state index contributed by atoms with van der Waals surface area (Å²) in [5.41, 5.74) is 3.21. The average molecular weight is 285 g/mol. The van der Waals surface area contributed by atoms with E-state index < -0.39 is 0 Å². The van der Waals surface area contributed by atoms with Crippen LogP contribution in [0.2, 0.25) is 0 Å². The first-order chi connectivity index (χ1) is 10.1. The van der Waals surface area contributed by atoms with Gasteiger partial charge in [-0.2, -0.15) is 0 Å². The Kier molecular flexibility index (Phi) is 3.86. The summed E-state index contributed by atoms with van der Waals surface area (Å²) in [6.45, 7) is 9.77. The molecule has 21 heavy (non-hydrogen) atoms. The van der Waals surface area contributed by atoms with E-state index >= 15 is 0 Å². The molecule has 0 radical (unpaired) electrons. The van der Waals surface area contributed by atoms with Gasteiger partial charge in [-0.3, -0.25) is 0 Å². The van der Waals surface area contributed by atoms with E-state index in [9.17, 15) is 4.79 Å². The maximum Gasteiger partial charge on any atom is 0.322 e. The summed E-state index contributed by atoms with van der Waals surface area (Å²) >= 11 is 0. The van der Waals surface area contributed by atoms with Crippen molar-refractivity contribution in [2.45, 2.75) is 19.8 Å². The highest BCUT2D eigenvalue weighted by atomic mass is 16.2. The van der Waals surface area contributed by atoms with Gasteiger partial charge in [-0.05, 0) is 48.6 Å². The van der Waals surface area contributed by atoms with Gasteiger partial charge < -0.3 is 15.1 Å². The molecule has 2 heterocycles. The van der Waals surface area contributed by atoms with E-state index in [0.29, 0.717) is 13.1 Å². The van der Waals surface area contributed by atoms with Gasteiger partial charge in [0.05, 0.1) is 0 Å². The maximum absolute atomic E-state index is 11.9. The second kappa shape index (κ2) is 5.80. The lowest BCUT2D eigenvalue weighted by molar-refractivity contribution is 0.205. The number of carbonyl (C=O) groups is 1. The minimum atomic E-state index is -0.0399. The van der Waals surface area contributed by atoms with Crippen LogP contribution in [0.25, 0.3) is 0 Å². The van der Waals surface area contributed by atoms with E-state index in [-0.39, 0.29) is 6.03 Å². The number of anilines is 2. The van der Waals surface area contributed by atoms with Crippen molar-refractivity contribution in [2.75, 3.05) is 36.4 Å². The Morgan fingerprint density at radius 2 is 1.81 bits per heavy atom. The summed E-state index contributed by atoms with van der Waals surface area (Å²) in [4.78, 5) is 16.1. The SMILES string of the molecule is C=C1CN(C(=O)Nc2ccc(N3CCC(C)CC3)cc2)C1. The number of nitrogens with one attached hydrogen (secondary N) is 1. The first-order valence-corrected chi connectivity index (χ1v) is 7.69. The molecule has 0 spiro atoms. The lowest BCUT2D eigenvalue weighted by Crippen LogP contribution is -2.46.